The van der Waals surface area contributed by atoms with Crippen LogP contribution in [0, 0.1) is 0 Å². The smallest absolute Gasteiger partial charge is 0.273 e. The lowest BCUT2D eigenvalue weighted by Crippen LogP contribution is -2.31. The number of nitrogens with one attached hydrogen (secondary N) is 1. The molecule has 0 fully saturated rings. The molecule has 1 aromatic heterocycles. The molecule has 0 bridgehead atoms. The zero-order valence-corrected chi connectivity index (χ0v) is 21.7. The monoisotopic (exact) mass is 566 g/mol. The number of ether oxygens (including phenoxy) is 1. The number of primary sulfonamides is 1. The van der Waals surface area contributed by atoms with E-state index in [0.717, 1.165) is 26.7 Å². The Kier molecular flexibility index (Phi) is 6.42. The number of nitrogens with two attached hydrogens (primary N) is 1. The van der Waals surface area contributed by atoms with Crippen molar-refractivity contribution in [2.45, 2.75) is 17.4 Å². The Morgan fingerprint density at radius 2 is 1.75 bits per heavy atom. The molecule has 1 atom stereocenters. The second-order valence-corrected chi connectivity index (χ2v) is 10.9. The van der Waals surface area contributed by atoms with Gasteiger partial charge in [0.1, 0.15) is 11.4 Å². The summed E-state index contributed by atoms with van der Waals surface area (Å²) in [6.45, 7) is 0.401. The number of aromatic nitrogens is 2. The topological polar surface area (TPSA) is 118 Å². The van der Waals surface area contributed by atoms with Crippen molar-refractivity contribution in [3.8, 4) is 17.0 Å². The van der Waals surface area contributed by atoms with Gasteiger partial charge in [-0.15, -0.1) is 0 Å². The second kappa shape index (κ2) is 9.53. The van der Waals surface area contributed by atoms with Crippen LogP contribution in [0.3, 0.4) is 0 Å². The van der Waals surface area contributed by atoms with E-state index in [1.54, 1.807) is 24.1 Å². The number of methoxy groups -OCH3 is 1. The fourth-order valence-corrected chi connectivity index (χ4v) is 5.35. The van der Waals surface area contributed by atoms with Crippen LogP contribution >= 0.6 is 15.9 Å². The Morgan fingerprint density at radius 1 is 1.06 bits per heavy atom. The first-order valence-corrected chi connectivity index (χ1v) is 13.5. The number of H-pyrrole nitrogens is 1. The molecule has 4 aromatic rings. The number of sulfonamides is 1. The summed E-state index contributed by atoms with van der Waals surface area (Å²) in [6.07, 6.45) is 0.521. The molecule has 0 saturated heterocycles. The van der Waals surface area contributed by atoms with Crippen molar-refractivity contribution in [3.63, 3.8) is 0 Å². The molecule has 10 heteroatoms. The molecule has 2 heterocycles. The molecule has 0 radical (unpaired) electrons. The number of hydrogen-bond acceptors (Lipinski definition) is 5. The number of rotatable bonds is 7. The summed E-state index contributed by atoms with van der Waals surface area (Å²) in [5, 5.41) is 12.7. The van der Waals surface area contributed by atoms with Crippen molar-refractivity contribution in [2.24, 2.45) is 5.14 Å². The van der Waals surface area contributed by atoms with Crippen molar-refractivity contribution in [2.75, 3.05) is 13.7 Å². The number of aromatic amines is 1. The third kappa shape index (κ3) is 4.43. The molecule has 5 rings (SSSR count). The number of benzene rings is 3. The van der Waals surface area contributed by atoms with Crippen LogP contribution in [0.25, 0.3) is 11.3 Å². The third-order valence-corrected chi connectivity index (χ3v) is 7.77. The van der Waals surface area contributed by atoms with Gasteiger partial charge in [0.05, 0.1) is 23.7 Å². The molecule has 0 spiro atoms. The van der Waals surface area contributed by atoms with Crippen molar-refractivity contribution in [3.05, 3.63) is 99.7 Å². The van der Waals surface area contributed by atoms with Crippen LogP contribution < -0.4 is 9.88 Å². The number of carbonyl (C=O) groups excluding carboxylic acids is 1. The van der Waals surface area contributed by atoms with Crippen molar-refractivity contribution in [1.29, 1.82) is 0 Å². The van der Waals surface area contributed by atoms with E-state index in [1.807, 2.05) is 48.5 Å². The van der Waals surface area contributed by atoms with Crippen molar-refractivity contribution < 1.29 is 17.9 Å². The lowest BCUT2D eigenvalue weighted by Gasteiger charge is -2.27. The predicted octanol–water partition coefficient (Wildman–Crippen LogP) is 4.28. The largest absolute Gasteiger partial charge is 0.496 e. The van der Waals surface area contributed by atoms with Crippen molar-refractivity contribution >= 4 is 31.9 Å². The molecule has 1 aliphatic rings. The average molecular weight is 567 g/mol. The Balaban J connectivity index is 1.54. The van der Waals surface area contributed by atoms with Gasteiger partial charge in [0.15, 0.2) is 0 Å². The van der Waals surface area contributed by atoms with Gasteiger partial charge in [-0.3, -0.25) is 9.89 Å². The SMILES string of the molecule is COc1ccccc1C1c2c(-c3ccc(Br)cc3)n[nH]c2C(=O)N1CCc1ccc(S(N)(=O)=O)cc1. The van der Waals surface area contributed by atoms with Crippen LogP contribution in [-0.2, 0) is 16.4 Å². The molecule has 36 heavy (non-hydrogen) atoms. The maximum atomic E-state index is 13.6. The van der Waals surface area contributed by atoms with Gasteiger partial charge in [-0.1, -0.05) is 58.4 Å². The van der Waals surface area contributed by atoms with E-state index in [1.165, 1.54) is 12.1 Å². The first kappa shape index (κ1) is 24.2. The molecule has 184 valence electrons. The number of carbonyl (C=O) groups is 1. The van der Waals surface area contributed by atoms with Gasteiger partial charge in [0.2, 0.25) is 10.0 Å². The van der Waals surface area contributed by atoms with Gasteiger partial charge in [-0.05, 0) is 42.3 Å². The summed E-state index contributed by atoms with van der Waals surface area (Å²) in [7, 11) is -2.16. The molecular formula is C26H23BrN4O4S. The van der Waals surface area contributed by atoms with E-state index < -0.39 is 16.1 Å². The van der Waals surface area contributed by atoms with Gasteiger partial charge in [-0.25, -0.2) is 13.6 Å². The summed E-state index contributed by atoms with van der Waals surface area (Å²) in [5.74, 6) is 0.520. The summed E-state index contributed by atoms with van der Waals surface area (Å²) in [4.78, 5) is 15.4. The minimum absolute atomic E-state index is 0.0515. The molecule has 0 aliphatic carbocycles. The molecule has 3 aromatic carbocycles. The van der Waals surface area contributed by atoms with Gasteiger partial charge in [-0.2, -0.15) is 5.10 Å². The summed E-state index contributed by atoms with van der Waals surface area (Å²) >= 11 is 3.47. The first-order chi connectivity index (χ1) is 17.3. The first-order valence-electron chi connectivity index (χ1n) is 11.2. The molecule has 3 N–H and O–H groups in total. The molecule has 1 aliphatic heterocycles. The quantitative estimate of drug-likeness (QED) is 0.346. The Bertz CT molecular complexity index is 1530. The van der Waals surface area contributed by atoms with Crippen LogP contribution in [0.15, 0.2) is 82.2 Å². The minimum Gasteiger partial charge on any atom is -0.496 e. The van der Waals surface area contributed by atoms with Crippen LogP contribution in [0.1, 0.15) is 33.2 Å². The Hall–Kier alpha value is -3.47. The van der Waals surface area contributed by atoms with Crippen LogP contribution in [-0.4, -0.2) is 43.1 Å². The zero-order chi connectivity index (χ0) is 25.4. The Labute approximate surface area is 217 Å². The summed E-state index contributed by atoms with van der Waals surface area (Å²) < 4.78 is 29.8. The van der Waals surface area contributed by atoms with Crippen molar-refractivity contribution in [1.82, 2.24) is 15.1 Å². The standard InChI is InChI=1S/C26H23BrN4O4S/c1-35-21-5-3-2-4-20(21)25-22-23(17-8-10-18(27)11-9-17)29-30-24(22)26(32)31(25)15-14-16-6-12-19(13-7-16)36(28,33)34/h2-13,25H,14-15H2,1H3,(H,29,30)(H2,28,33,34). The molecule has 8 nitrogen and oxygen atoms in total. The van der Waals surface area contributed by atoms with Crippen LogP contribution in [0.2, 0.25) is 0 Å². The zero-order valence-electron chi connectivity index (χ0n) is 19.3. The minimum atomic E-state index is -3.77. The predicted molar refractivity (Wildman–Crippen MR) is 139 cm³/mol. The number of hydrogen-bond donors (Lipinski definition) is 2. The number of amides is 1. The average Bonchev–Trinajstić information content (AvgIpc) is 3.41. The number of fused-ring (bicyclic) bond motifs is 1. The van der Waals surface area contributed by atoms with Gasteiger partial charge >= 0.3 is 0 Å². The van der Waals surface area contributed by atoms with E-state index in [2.05, 4.69) is 26.1 Å². The lowest BCUT2D eigenvalue weighted by atomic mass is 9.95. The number of halogens is 1. The van der Waals surface area contributed by atoms with Crippen LogP contribution in [0.4, 0.5) is 0 Å². The summed E-state index contributed by atoms with van der Waals surface area (Å²) in [6, 6.07) is 21.4. The highest BCUT2D eigenvalue weighted by molar-refractivity contribution is 9.10. The fourth-order valence-electron chi connectivity index (χ4n) is 4.57. The second-order valence-electron chi connectivity index (χ2n) is 8.45. The maximum Gasteiger partial charge on any atom is 0.273 e. The summed E-state index contributed by atoms with van der Waals surface area (Å²) in [5.41, 5.74) is 4.60. The molecule has 1 unspecified atom stereocenters. The Morgan fingerprint density at radius 3 is 2.42 bits per heavy atom. The van der Waals surface area contributed by atoms with Gasteiger partial charge in [0.25, 0.3) is 5.91 Å². The highest BCUT2D eigenvalue weighted by Crippen LogP contribution is 2.45. The van der Waals surface area contributed by atoms with Crippen LogP contribution in [0.5, 0.6) is 5.75 Å². The normalized spacial score (nSPS) is 15.2. The fraction of sp³-hybridized carbons (Fsp3) is 0.154. The highest BCUT2D eigenvalue weighted by atomic mass is 79.9. The van der Waals surface area contributed by atoms with E-state index in [4.69, 9.17) is 9.88 Å². The molecular weight excluding hydrogens is 544 g/mol. The van der Waals surface area contributed by atoms with Gasteiger partial charge < -0.3 is 9.64 Å². The molecule has 0 saturated carbocycles. The number of para-hydroxylation sites is 1. The molecule has 1 amide bonds. The third-order valence-electron chi connectivity index (χ3n) is 6.31. The van der Waals surface area contributed by atoms with E-state index in [9.17, 15) is 13.2 Å². The maximum absolute atomic E-state index is 13.6. The van der Waals surface area contributed by atoms with E-state index in [-0.39, 0.29) is 10.8 Å². The highest BCUT2D eigenvalue weighted by Gasteiger charge is 2.43. The number of nitrogens with zero attached hydrogens (tertiary/aromatic N) is 2. The lowest BCUT2D eigenvalue weighted by molar-refractivity contribution is 0.0744. The van der Waals surface area contributed by atoms with E-state index >= 15 is 0 Å². The van der Waals surface area contributed by atoms with E-state index in [0.29, 0.717) is 30.1 Å². The van der Waals surface area contributed by atoms with Gasteiger partial charge in [0, 0.05) is 27.7 Å².